The summed E-state index contributed by atoms with van der Waals surface area (Å²) in [5, 5.41) is 5.76. The van der Waals surface area contributed by atoms with Gasteiger partial charge in [-0.1, -0.05) is 24.3 Å². The Labute approximate surface area is 134 Å². The van der Waals surface area contributed by atoms with Crippen LogP contribution in [0.1, 0.15) is 21.9 Å². The third-order valence-corrected chi connectivity index (χ3v) is 3.14. The Balaban J connectivity index is 1.96. The van der Waals surface area contributed by atoms with Crippen LogP contribution >= 0.6 is 0 Å². The first-order valence-electron chi connectivity index (χ1n) is 7.32. The number of halogens is 1. The van der Waals surface area contributed by atoms with E-state index in [1.807, 2.05) is 0 Å². The van der Waals surface area contributed by atoms with Crippen LogP contribution in [0.5, 0.6) is 0 Å². The van der Waals surface area contributed by atoms with Gasteiger partial charge in [-0.2, -0.15) is 0 Å². The van der Waals surface area contributed by atoms with Crippen LogP contribution in [0.25, 0.3) is 0 Å². The summed E-state index contributed by atoms with van der Waals surface area (Å²) in [6.07, 6.45) is 2.12. The first-order chi connectivity index (χ1) is 11.1. The topological polar surface area (TPSA) is 66.9 Å². The fraction of sp³-hybridized carbons (Fsp3) is 0.235. The molecular weight excluding hydrogens is 295 g/mol. The van der Waals surface area contributed by atoms with Gasteiger partial charge in [0.15, 0.2) is 0 Å². The molecule has 0 atom stereocenters. The van der Waals surface area contributed by atoms with Crippen molar-refractivity contribution in [3.63, 3.8) is 0 Å². The van der Waals surface area contributed by atoms with Gasteiger partial charge in [0.2, 0.25) is 0 Å². The van der Waals surface area contributed by atoms with Crippen LogP contribution in [0.3, 0.4) is 0 Å². The maximum Gasteiger partial charge on any atom is 0.270 e. The first-order valence-corrected chi connectivity index (χ1v) is 7.32. The summed E-state index contributed by atoms with van der Waals surface area (Å²) in [7, 11) is 0. The molecule has 0 aliphatic heterocycles. The molecule has 120 valence electrons. The van der Waals surface area contributed by atoms with Crippen molar-refractivity contribution < 1.29 is 9.18 Å². The lowest BCUT2D eigenvalue weighted by molar-refractivity contribution is 0.0948. The molecule has 1 heterocycles. The molecule has 1 amide bonds. The zero-order valence-corrected chi connectivity index (χ0v) is 13.0. The predicted molar refractivity (Wildman–Crippen MR) is 87.9 cm³/mol. The van der Waals surface area contributed by atoms with Crippen LogP contribution in [0.2, 0.25) is 0 Å². The minimum Gasteiger partial charge on any atom is -0.366 e. The van der Waals surface area contributed by atoms with E-state index in [0.29, 0.717) is 36.7 Å². The van der Waals surface area contributed by atoms with Gasteiger partial charge in [-0.05, 0) is 25.0 Å². The van der Waals surface area contributed by atoms with Crippen LogP contribution in [0, 0.1) is 12.7 Å². The third-order valence-electron chi connectivity index (χ3n) is 3.14. The molecule has 5 nitrogen and oxygen atoms in total. The quantitative estimate of drug-likeness (QED) is 0.771. The van der Waals surface area contributed by atoms with E-state index < -0.39 is 0 Å². The lowest BCUT2D eigenvalue weighted by Crippen LogP contribution is -2.27. The SMILES string of the molecule is C=CCNc1cc(C(=O)NCCc2ccccc2F)nc(C)n1. The lowest BCUT2D eigenvalue weighted by Gasteiger charge is -2.08. The van der Waals surface area contributed by atoms with Crippen LogP contribution in [0.4, 0.5) is 10.2 Å². The zero-order valence-electron chi connectivity index (χ0n) is 13.0. The van der Waals surface area contributed by atoms with Crippen molar-refractivity contribution in [1.29, 1.82) is 0 Å². The number of hydrogen-bond donors (Lipinski definition) is 2. The summed E-state index contributed by atoms with van der Waals surface area (Å²) in [5.41, 5.74) is 0.845. The zero-order chi connectivity index (χ0) is 16.7. The molecule has 0 aliphatic carbocycles. The molecule has 0 saturated heterocycles. The molecule has 2 aromatic rings. The van der Waals surface area contributed by atoms with Crippen LogP contribution < -0.4 is 10.6 Å². The fourth-order valence-electron chi connectivity index (χ4n) is 2.05. The summed E-state index contributed by atoms with van der Waals surface area (Å²) in [6, 6.07) is 8.09. The highest BCUT2D eigenvalue weighted by Crippen LogP contribution is 2.08. The Morgan fingerprint density at radius 3 is 2.87 bits per heavy atom. The summed E-state index contributed by atoms with van der Waals surface area (Å²) < 4.78 is 13.5. The second-order valence-corrected chi connectivity index (χ2v) is 4.95. The van der Waals surface area contributed by atoms with Gasteiger partial charge >= 0.3 is 0 Å². The molecule has 6 heteroatoms. The second kappa shape index (κ2) is 8.03. The molecule has 2 N–H and O–H groups in total. The molecule has 1 aromatic heterocycles. The molecule has 0 radical (unpaired) electrons. The number of anilines is 1. The molecule has 1 aromatic carbocycles. The average Bonchev–Trinajstić information content (AvgIpc) is 2.54. The Morgan fingerprint density at radius 1 is 1.35 bits per heavy atom. The van der Waals surface area contributed by atoms with E-state index in [9.17, 15) is 9.18 Å². The van der Waals surface area contributed by atoms with Gasteiger partial charge in [0.1, 0.15) is 23.2 Å². The van der Waals surface area contributed by atoms with E-state index in [0.717, 1.165) is 0 Å². The maximum absolute atomic E-state index is 13.5. The fourth-order valence-corrected chi connectivity index (χ4v) is 2.05. The number of benzene rings is 1. The summed E-state index contributed by atoms with van der Waals surface area (Å²) in [6.45, 7) is 6.21. The number of carbonyl (C=O) groups is 1. The number of nitrogens with one attached hydrogen (secondary N) is 2. The van der Waals surface area contributed by atoms with Gasteiger partial charge in [0.05, 0.1) is 0 Å². The highest BCUT2D eigenvalue weighted by molar-refractivity contribution is 5.92. The van der Waals surface area contributed by atoms with Crippen molar-refractivity contribution in [3.05, 3.63) is 65.9 Å². The van der Waals surface area contributed by atoms with Crippen molar-refractivity contribution in [1.82, 2.24) is 15.3 Å². The highest BCUT2D eigenvalue weighted by Gasteiger charge is 2.10. The van der Waals surface area contributed by atoms with Gasteiger partial charge in [-0.25, -0.2) is 14.4 Å². The van der Waals surface area contributed by atoms with Crippen molar-refractivity contribution >= 4 is 11.7 Å². The van der Waals surface area contributed by atoms with Gasteiger partial charge in [-0.3, -0.25) is 4.79 Å². The van der Waals surface area contributed by atoms with E-state index >= 15 is 0 Å². The van der Waals surface area contributed by atoms with Gasteiger partial charge in [0.25, 0.3) is 5.91 Å². The van der Waals surface area contributed by atoms with E-state index in [1.165, 1.54) is 6.07 Å². The van der Waals surface area contributed by atoms with Crippen LogP contribution in [-0.4, -0.2) is 29.0 Å². The minimum atomic E-state index is -0.312. The second-order valence-electron chi connectivity index (χ2n) is 4.95. The number of aromatic nitrogens is 2. The Bertz CT molecular complexity index is 703. The van der Waals surface area contributed by atoms with Crippen LogP contribution in [-0.2, 0) is 6.42 Å². The molecule has 0 aliphatic rings. The Hall–Kier alpha value is -2.76. The molecule has 0 saturated carbocycles. The van der Waals surface area contributed by atoms with Crippen LogP contribution in [0.15, 0.2) is 43.0 Å². The van der Waals surface area contributed by atoms with E-state index in [1.54, 1.807) is 37.3 Å². The van der Waals surface area contributed by atoms with Crippen molar-refractivity contribution in [2.45, 2.75) is 13.3 Å². The van der Waals surface area contributed by atoms with E-state index in [2.05, 4.69) is 27.2 Å². The number of amides is 1. The molecule has 0 unspecified atom stereocenters. The molecule has 0 bridgehead atoms. The van der Waals surface area contributed by atoms with Gasteiger partial charge in [-0.15, -0.1) is 6.58 Å². The van der Waals surface area contributed by atoms with Crippen molar-refractivity contribution in [3.8, 4) is 0 Å². The highest BCUT2D eigenvalue weighted by atomic mass is 19.1. The number of nitrogens with zero attached hydrogens (tertiary/aromatic N) is 2. The normalized spacial score (nSPS) is 10.2. The monoisotopic (exact) mass is 314 g/mol. The third kappa shape index (κ3) is 4.88. The van der Waals surface area contributed by atoms with Crippen molar-refractivity contribution in [2.75, 3.05) is 18.4 Å². The molecule has 0 spiro atoms. The molecule has 0 fully saturated rings. The Kier molecular flexibility index (Phi) is 5.80. The molecule has 2 rings (SSSR count). The van der Waals surface area contributed by atoms with Gasteiger partial charge < -0.3 is 10.6 Å². The maximum atomic E-state index is 13.5. The summed E-state index contributed by atoms with van der Waals surface area (Å²) in [5.74, 6) is 0.485. The first kappa shape index (κ1) is 16.6. The smallest absolute Gasteiger partial charge is 0.270 e. The molecular formula is C17H19FN4O. The number of rotatable bonds is 7. The van der Waals surface area contributed by atoms with E-state index in [4.69, 9.17) is 0 Å². The number of hydrogen-bond acceptors (Lipinski definition) is 4. The summed E-state index contributed by atoms with van der Waals surface area (Å²) in [4.78, 5) is 20.5. The van der Waals surface area contributed by atoms with E-state index in [-0.39, 0.29) is 17.4 Å². The largest absolute Gasteiger partial charge is 0.366 e. The Morgan fingerprint density at radius 2 is 2.13 bits per heavy atom. The minimum absolute atomic E-state index is 0.268. The standard InChI is InChI=1S/C17H19FN4O/c1-3-9-19-16-11-15(21-12(2)22-16)17(23)20-10-8-13-6-4-5-7-14(13)18/h3-7,11H,1,8-10H2,2H3,(H,20,23)(H,19,21,22). The van der Waals surface area contributed by atoms with Crippen molar-refractivity contribution in [2.24, 2.45) is 0 Å². The molecule has 23 heavy (non-hydrogen) atoms. The number of carbonyl (C=O) groups excluding carboxylic acids is 1. The predicted octanol–water partition coefficient (Wildman–Crippen LogP) is 2.49. The lowest BCUT2D eigenvalue weighted by atomic mass is 10.1. The average molecular weight is 314 g/mol. The summed E-state index contributed by atoms with van der Waals surface area (Å²) >= 11 is 0. The number of aryl methyl sites for hydroxylation is 1. The van der Waals surface area contributed by atoms with Gasteiger partial charge in [0, 0.05) is 19.2 Å².